The van der Waals surface area contributed by atoms with Crippen LogP contribution in [0, 0.1) is 0 Å². The number of anilines is 2. The first kappa shape index (κ1) is 26.1. The number of hydrogen-bond acceptors (Lipinski definition) is 6. The van der Waals surface area contributed by atoms with E-state index < -0.39 is 17.7 Å². The van der Waals surface area contributed by atoms with Crippen LogP contribution in [0.4, 0.5) is 16.2 Å². The number of carbonyl (C=O) groups excluding carboxylic acids is 3. The molecule has 0 saturated heterocycles. The molecule has 188 valence electrons. The zero-order valence-corrected chi connectivity index (χ0v) is 20.3. The van der Waals surface area contributed by atoms with Gasteiger partial charge in [0.25, 0.3) is 5.91 Å². The highest BCUT2D eigenvalue weighted by Gasteiger charge is 2.18. The number of nitrogens with one attached hydrogen (secondary N) is 3. The summed E-state index contributed by atoms with van der Waals surface area (Å²) in [5.74, 6) is -1.77. The molecule has 3 rings (SSSR count). The number of amides is 3. The van der Waals surface area contributed by atoms with E-state index in [4.69, 9.17) is 9.84 Å². The average molecular weight is 493 g/mol. The van der Waals surface area contributed by atoms with E-state index >= 15 is 0 Å². The van der Waals surface area contributed by atoms with Crippen LogP contribution in [0.5, 0.6) is 0 Å². The van der Waals surface area contributed by atoms with Gasteiger partial charge in [0.05, 0.1) is 35.6 Å². The molecule has 0 aliphatic rings. The van der Waals surface area contributed by atoms with Crippen molar-refractivity contribution in [2.45, 2.75) is 45.8 Å². The van der Waals surface area contributed by atoms with E-state index in [0.717, 1.165) is 5.39 Å². The number of pyridine rings is 1. The van der Waals surface area contributed by atoms with Crippen molar-refractivity contribution in [3.63, 3.8) is 0 Å². The van der Waals surface area contributed by atoms with Crippen molar-refractivity contribution in [2.24, 2.45) is 0 Å². The molecule has 3 amide bonds. The topological polar surface area (TPSA) is 147 Å². The van der Waals surface area contributed by atoms with E-state index in [1.165, 1.54) is 0 Å². The van der Waals surface area contributed by atoms with Crippen LogP contribution in [0.1, 0.15) is 49.7 Å². The summed E-state index contributed by atoms with van der Waals surface area (Å²) in [6.45, 7) is 5.45. The minimum Gasteiger partial charge on any atom is -0.481 e. The summed E-state index contributed by atoms with van der Waals surface area (Å²) in [6, 6.07) is 15.3. The SMILES string of the molecule is CC(C)(C)OC(=O)Nc1ccccc1NC(=O)c1ccc2nc(CNC(=O)CCC(=O)O)ccc2c1. The van der Waals surface area contributed by atoms with Gasteiger partial charge in [-0.1, -0.05) is 18.2 Å². The number of carbonyl (C=O) groups is 4. The van der Waals surface area contributed by atoms with E-state index in [9.17, 15) is 19.2 Å². The van der Waals surface area contributed by atoms with Gasteiger partial charge in [-0.15, -0.1) is 0 Å². The minimum absolute atomic E-state index is 0.0994. The predicted molar refractivity (Wildman–Crippen MR) is 135 cm³/mol. The molecular weight excluding hydrogens is 464 g/mol. The molecule has 0 spiro atoms. The third-order valence-corrected chi connectivity index (χ3v) is 4.85. The number of benzene rings is 2. The summed E-state index contributed by atoms with van der Waals surface area (Å²) in [5.41, 5.74) is 1.79. The fourth-order valence-corrected chi connectivity index (χ4v) is 3.21. The van der Waals surface area contributed by atoms with Gasteiger partial charge in [-0.3, -0.25) is 24.7 Å². The maximum atomic E-state index is 12.9. The molecule has 0 saturated carbocycles. The van der Waals surface area contributed by atoms with Crippen LogP contribution in [0.15, 0.2) is 54.6 Å². The fraction of sp³-hybridized carbons (Fsp3) is 0.269. The Morgan fingerprint density at radius 3 is 2.28 bits per heavy atom. The maximum Gasteiger partial charge on any atom is 0.412 e. The van der Waals surface area contributed by atoms with Crippen LogP contribution in [0.2, 0.25) is 0 Å². The monoisotopic (exact) mass is 492 g/mol. The third-order valence-electron chi connectivity index (χ3n) is 4.85. The number of fused-ring (bicyclic) bond motifs is 1. The van der Waals surface area contributed by atoms with Crippen molar-refractivity contribution < 1.29 is 29.0 Å². The first-order valence-corrected chi connectivity index (χ1v) is 11.3. The minimum atomic E-state index is -1.03. The van der Waals surface area contributed by atoms with Crippen LogP contribution in [-0.2, 0) is 20.9 Å². The highest BCUT2D eigenvalue weighted by atomic mass is 16.6. The van der Waals surface area contributed by atoms with Crippen molar-refractivity contribution in [1.82, 2.24) is 10.3 Å². The predicted octanol–water partition coefficient (Wildman–Crippen LogP) is 4.32. The molecule has 10 nitrogen and oxygen atoms in total. The van der Waals surface area contributed by atoms with Crippen LogP contribution in [-0.4, -0.2) is 39.6 Å². The van der Waals surface area contributed by atoms with E-state index in [-0.39, 0.29) is 31.2 Å². The Morgan fingerprint density at radius 2 is 1.61 bits per heavy atom. The van der Waals surface area contributed by atoms with Gasteiger partial charge < -0.3 is 20.5 Å². The second kappa shape index (κ2) is 11.3. The van der Waals surface area contributed by atoms with Crippen LogP contribution in [0.25, 0.3) is 10.9 Å². The van der Waals surface area contributed by atoms with Gasteiger partial charge >= 0.3 is 12.1 Å². The number of ether oxygens (including phenoxy) is 1. The molecule has 1 aromatic heterocycles. The normalized spacial score (nSPS) is 11.0. The van der Waals surface area contributed by atoms with Gasteiger partial charge in [-0.05, 0) is 57.2 Å². The van der Waals surface area contributed by atoms with Gasteiger partial charge in [-0.25, -0.2) is 4.79 Å². The van der Waals surface area contributed by atoms with E-state index in [0.29, 0.717) is 28.1 Å². The van der Waals surface area contributed by atoms with Crippen LogP contribution < -0.4 is 16.0 Å². The van der Waals surface area contributed by atoms with Gasteiger partial charge in [0.2, 0.25) is 5.91 Å². The van der Waals surface area contributed by atoms with Crippen LogP contribution in [0.3, 0.4) is 0 Å². The maximum absolute atomic E-state index is 12.9. The molecule has 0 aliphatic carbocycles. The second-order valence-corrected chi connectivity index (χ2v) is 9.01. The van der Waals surface area contributed by atoms with Crippen molar-refractivity contribution in [2.75, 3.05) is 10.6 Å². The lowest BCUT2D eigenvalue weighted by molar-refractivity contribution is -0.138. The summed E-state index contributed by atoms with van der Waals surface area (Å²) in [4.78, 5) is 51.8. The van der Waals surface area contributed by atoms with Crippen molar-refractivity contribution in [1.29, 1.82) is 0 Å². The Morgan fingerprint density at radius 1 is 0.917 bits per heavy atom. The van der Waals surface area contributed by atoms with E-state index in [2.05, 4.69) is 20.9 Å². The third kappa shape index (κ3) is 7.79. The number of hydrogen-bond donors (Lipinski definition) is 4. The molecule has 0 fully saturated rings. The van der Waals surface area contributed by atoms with Crippen molar-refractivity contribution >= 4 is 46.2 Å². The average Bonchev–Trinajstić information content (AvgIpc) is 2.81. The summed E-state index contributed by atoms with van der Waals surface area (Å²) in [5, 5.41) is 17.5. The van der Waals surface area contributed by atoms with E-state index in [1.807, 2.05) is 0 Å². The first-order chi connectivity index (χ1) is 17.0. The molecule has 0 bridgehead atoms. The number of aromatic nitrogens is 1. The zero-order valence-electron chi connectivity index (χ0n) is 20.3. The summed E-state index contributed by atoms with van der Waals surface area (Å²) in [7, 11) is 0. The number of carboxylic acids is 1. The lowest BCUT2D eigenvalue weighted by Gasteiger charge is -2.20. The Labute approximate surface area is 208 Å². The highest BCUT2D eigenvalue weighted by Crippen LogP contribution is 2.23. The molecule has 1 heterocycles. The van der Waals surface area contributed by atoms with Crippen molar-refractivity contribution in [3.8, 4) is 0 Å². The van der Waals surface area contributed by atoms with Crippen molar-refractivity contribution in [3.05, 3.63) is 65.9 Å². The summed E-state index contributed by atoms with van der Waals surface area (Å²) >= 11 is 0. The van der Waals surface area contributed by atoms with E-state index in [1.54, 1.807) is 75.4 Å². The Balaban J connectivity index is 1.67. The molecule has 4 N–H and O–H groups in total. The number of nitrogens with zero attached hydrogens (tertiary/aromatic N) is 1. The lowest BCUT2D eigenvalue weighted by Crippen LogP contribution is -2.27. The number of para-hydroxylation sites is 2. The molecule has 0 atom stereocenters. The molecule has 0 unspecified atom stereocenters. The zero-order chi connectivity index (χ0) is 26.3. The fourth-order valence-electron chi connectivity index (χ4n) is 3.21. The summed E-state index contributed by atoms with van der Waals surface area (Å²) < 4.78 is 5.28. The first-order valence-electron chi connectivity index (χ1n) is 11.3. The van der Waals surface area contributed by atoms with Gasteiger partial charge in [0, 0.05) is 17.4 Å². The highest BCUT2D eigenvalue weighted by molar-refractivity contribution is 6.08. The lowest BCUT2D eigenvalue weighted by atomic mass is 10.1. The second-order valence-electron chi connectivity index (χ2n) is 9.01. The van der Waals surface area contributed by atoms with Gasteiger partial charge in [0.15, 0.2) is 0 Å². The molecule has 10 heteroatoms. The Kier molecular flexibility index (Phi) is 8.21. The Bertz CT molecular complexity index is 1300. The molecular formula is C26H28N4O6. The number of aliphatic carboxylic acids is 1. The summed E-state index contributed by atoms with van der Waals surface area (Å²) in [6.07, 6.45) is -0.962. The quantitative estimate of drug-likeness (QED) is 0.366. The van der Waals surface area contributed by atoms with Gasteiger partial charge in [-0.2, -0.15) is 0 Å². The van der Waals surface area contributed by atoms with Gasteiger partial charge in [0.1, 0.15) is 5.60 Å². The number of rotatable bonds is 8. The molecule has 36 heavy (non-hydrogen) atoms. The molecule has 2 aromatic carbocycles. The Hall–Kier alpha value is -4.47. The standard InChI is InChI=1S/C26H28N4O6/c1-26(2,3)36-25(35)30-21-7-5-4-6-20(21)29-24(34)17-9-11-19-16(14-17)8-10-18(28-19)15-27-22(31)12-13-23(32)33/h4-11,14H,12-13,15H2,1-3H3,(H,27,31)(H,29,34)(H,30,35)(H,32,33). The smallest absolute Gasteiger partial charge is 0.412 e. The number of carboxylic acid groups (broad SMARTS) is 1. The molecule has 0 radical (unpaired) electrons. The largest absolute Gasteiger partial charge is 0.481 e. The molecule has 3 aromatic rings. The van der Waals surface area contributed by atoms with Crippen LogP contribution >= 0.6 is 0 Å². The molecule has 0 aliphatic heterocycles.